The van der Waals surface area contributed by atoms with Gasteiger partial charge in [-0.3, -0.25) is 0 Å². The number of hydrogen-bond acceptors (Lipinski definition) is 4. The van der Waals surface area contributed by atoms with Crippen LogP contribution in [-0.2, 0) is 19.8 Å². The molecule has 4 aromatic rings. The van der Waals surface area contributed by atoms with Crippen molar-refractivity contribution in [3.05, 3.63) is 76.8 Å². The molecule has 0 saturated heterocycles. The van der Waals surface area contributed by atoms with Crippen LogP contribution < -0.4 is 4.74 Å². The van der Waals surface area contributed by atoms with Crippen LogP contribution in [0.25, 0.3) is 17.1 Å². The number of halogens is 4. The Hall–Kier alpha value is -3.14. The lowest BCUT2D eigenvalue weighted by Crippen LogP contribution is -2.07. The van der Waals surface area contributed by atoms with Crippen molar-refractivity contribution in [3.8, 4) is 22.8 Å². The summed E-state index contributed by atoms with van der Waals surface area (Å²) in [4.78, 5) is 0. The number of ether oxygens (including phenoxy) is 1. The number of benzene rings is 2. The molecule has 0 bridgehead atoms. The Morgan fingerprint density at radius 1 is 1.07 bits per heavy atom. The van der Waals surface area contributed by atoms with E-state index in [1.807, 2.05) is 30.5 Å². The SMILES string of the molecule is Cn1c(COc2cccc(C(F)(F)F)c2)nnc1-c1ccc(-n2cc(Br)cn2)cc1. The van der Waals surface area contributed by atoms with Crippen LogP contribution in [0.4, 0.5) is 13.2 Å². The van der Waals surface area contributed by atoms with Gasteiger partial charge in [-0.1, -0.05) is 6.07 Å². The zero-order valence-corrected chi connectivity index (χ0v) is 17.2. The average Bonchev–Trinajstić information content (AvgIpc) is 3.32. The number of hydrogen-bond donors (Lipinski definition) is 0. The summed E-state index contributed by atoms with van der Waals surface area (Å²) in [5, 5.41) is 12.5. The predicted octanol–water partition coefficient (Wildman–Crippen LogP) is 5.03. The van der Waals surface area contributed by atoms with Crippen LogP contribution in [0, 0.1) is 0 Å². The molecule has 154 valence electrons. The Kier molecular flexibility index (Phi) is 5.33. The van der Waals surface area contributed by atoms with E-state index in [1.54, 1.807) is 22.5 Å². The smallest absolute Gasteiger partial charge is 0.416 e. The van der Waals surface area contributed by atoms with Gasteiger partial charge < -0.3 is 9.30 Å². The van der Waals surface area contributed by atoms with E-state index in [1.165, 1.54) is 12.1 Å². The summed E-state index contributed by atoms with van der Waals surface area (Å²) in [5.74, 6) is 1.22. The summed E-state index contributed by atoms with van der Waals surface area (Å²) in [6.45, 7) is -0.00971. The molecule has 0 radical (unpaired) electrons. The maximum Gasteiger partial charge on any atom is 0.416 e. The van der Waals surface area contributed by atoms with E-state index in [2.05, 4.69) is 31.2 Å². The zero-order chi connectivity index (χ0) is 21.3. The highest BCUT2D eigenvalue weighted by atomic mass is 79.9. The fraction of sp³-hybridized carbons (Fsp3) is 0.150. The molecular weight excluding hydrogens is 463 g/mol. The van der Waals surface area contributed by atoms with Crippen molar-refractivity contribution in [2.45, 2.75) is 12.8 Å². The first-order valence-electron chi connectivity index (χ1n) is 8.80. The lowest BCUT2D eigenvalue weighted by atomic mass is 10.2. The molecule has 0 spiro atoms. The second kappa shape index (κ2) is 7.94. The highest BCUT2D eigenvalue weighted by Crippen LogP contribution is 2.31. The first kappa shape index (κ1) is 20.1. The van der Waals surface area contributed by atoms with E-state index < -0.39 is 11.7 Å². The lowest BCUT2D eigenvalue weighted by Gasteiger charge is -2.10. The van der Waals surface area contributed by atoms with Crippen molar-refractivity contribution >= 4 is 15.9 Å². The van der Waals surface area contributed by atoms with Crippen molar-refractivity contribution in [1.82, 2.24) is 24.5 Å². The molecule has 0 aliphatic carbocycles. The van der Waals surface area contributed by atoms with Crippen LogP contribution in [0.5, 0.6) is 5.75 Å². The molecule has 4 rings (SSSR count). The number of aromatic nitrogens is 5. The Morgan fingerprint density at radius 2 is 1.83 bits per heavy atom. The van der Waals surface area contributed by atoms with Crippen molar-refractivity contribution in [2.24, 2.45) is 7.05 Å². The molecule has 0 N–H and O–H groups in total. The quantitative estimate of drug-likeness (QED) is 0.404. The first-order valence-corrected chi connectivity index (χ1v) is 9.60. The van der Waals surface area contributed by atoms with E-state index in [0.717, 1.165) is 27.9 Å². The molecule has 0 fully saturated rings. The Labute approximate surface area is 178 Å². The molecule has 30 heavy (non-hydrogen) atoms. The van der Waals surface area contributed by atoms with Gasteiger partial charge in [-0.05, 0) is 58.4 Å². The molecule has 0 saturated carbocycles. The first-order chi connectivity index (χ1) is 14.3. The number of alkyl halides is 3. The predicted molar refractivity (Wildman–Crippen MR) is 107 cm³/mol. The van der Waals surface area contributed by atoms with Crippen molar-refractivity contribution < 1.29 is 17.9 Å². The lowest BCUT2D eigenvalue weighted by molar-refractivity contribution is -0.137. The largest absolute Gasteiger partial charge is 0.486 e. The molecule has 0 amide bonds. The Morgan fingerprint density at radius 3 is 2.50 bits per heavy atom. The highest BCUT2D eigenvalue weighted by Gasteiger charge is 2.30. The van der Waals surface area contributed by atoms with Crippen molar-refractivity contribution in [1.29, 1.82) is 0 Å². The maximum atomic E-state index is 12.8. The normalized spacial score (nSPS) is 11.6. The molecular formula is C20H15BrF3N5O. The second-order valence-corrected chi connectivity index (χ2v) is 7.38. The van der Waals surface area contributed by atoms with E-state index in [4.69, 9.17) is 4.74 Å². The molecule has 0 aliphatic heterocycles. The van der Waals surface area contributed by atoms with Gasteiger partial charge in [-0.15, -0.1) is 10.2 Å². The van der Waals surface area contributed by atoms with Gasteiger partial charge in [0.15, 0.2) is 11.6 Å². The van der Waals surface area contributed by atoms with Crippen LogP contribution >= 0.6 is 15.9 Å². The highest BCUT2D eigenvalue weighted by molar-refractivity contribution is 9.10. The Balaban J connectivity index is 1.49. The molecule has 2 aromatic carbocycles. The minimum absolute atomic E-state index is 0.00971. The third-order valence-electron chi connectivity index (χ3n) is 4.44. The summed E-state index contributed by atoms with van der Waals surface area (Å²) < 4.78 is 48.4. The van der Waals surface area contributed by atoms with Gasteiger partial charge >= 0.3 is 6.18 Å². The minimum Gasteiger partial charge on any atom is -0.486 e. The second-order valence-electron chi connectivity index (χ2n) is 6.46. The zero-order valence-electron chi connectivity index (χ0n) is 15.6. The van der Waals surface area contributed by atoms with Crippen molar-refractivity contribution in [3.63, 3.8) is 0 Å². The summed E-state index contributed by atoms with van der Waals surface area (Å²) >= 11 is 3.37. The van der Waals surface area contributed by atoms with Gasteiger partial charge in [0.05, 0.1) is 21.9 Å². The van der Waals surface area contributed by atoms with Gasteiger partial charge in [-0.25, -0.2) is 4.68 Å². The third kappa shape index (κ3) is 4.23. The van der Waals surface area contributed by atoms with Crippen LogP contribution in [0.2, 0.25) is 0 Å². The van der Waals surface area contributed by atoms with E-state index in [0.29, 0.717) is 11.6 Å². The van der Waals surface area contributed by atoms with E-state index in [-0.39, 0.29) is 12.4 Å². The van der Waals surface area contributed by atoms with Crippen molar-refractivity contribution in [2.75, 3.05) is 0 Å². The van der Waals surface area contributed by atoms with E-state index >= 15 is 0 Å². The summed E-state index contributed by atoms with van der Waals surface area (Å²) in [6, 6.07) is 12.3. The average molecular weight is 478 g/mol. The minimum atomic E-state index is -4.42. The maximum absolute atomic E-state index is 12.8. The topological polar surface area (TPSA) is 57.8 Å². The fourth-order valence-electron chi connectivity index (χ4n) is 2.85. The van der Waals surface area contributed by atoms with Crippen LogP contribution in [0.3, 0.4) is 0 Å². The standard InChI is InChI=1S/C20H15BrF3N5O/c1-28-18(12-30-17-4-2-3-14(9-17)20(22,23)24)26-27-19(28)13-5-7-16(8-6-13)29-11-15(21)10-25-29/h2-11H,12H2,1H3. The van der Waals surface area contributed by atoms with Gasteiger partial charge in [0.2, 0.25) is 0 Å². The monoisotopic (exact) mass is 477 g/mol. The fourth-order valence-corrected chi connectivity index (χ4v) is 3.14. The number of nitrogens with zero attached hydrogens (tertiary/aromatic N) is 5. The van der Waals surface area contributed by atoms with Crippen LogP contribution in [0.1, 0.15) is 11.4 Å². The van der Waals surface area contributed by atoms with Crippen LogP contribution in [-0.4, -0.2) is 24.5 Å². The molecule has 10 heteroatoms. The molecule has 2 heterocycles. The van der Waals surface area contributed by atoms with Gasteiger partial charge in [0.25, 0.3) is 0 Å². The third-order valence-corrected chi connectivity index (χ3v) is 4.84. The summed E-state index contributed by atoms with van der Waals surface area (Å²) in [5.41, 5.74) is 0.966. The summed E-state index contributed by atoms with van der Waals surface area (Å²) in [7, 11) is 1.78. The molecule has 0 atom stereocenters. The van der Waals surface area contributed by atoms with Gasteiger partial charge in [0.1, 0.15) is 12.4 Å². The van der Waals surface area contributed by atoms with Gasteiger partial charge in [0, 0.05) is 18.8 Å². The van der Waals surface area contributed by atoms with Gasteiger partial charge in [-0.2, -0.15) is 18.3 Å². The molecule has 0 unspecified atom stereocenters. The number of rotatable bonds is 5. The Bertz CT molecular complexity index is 1170. The molecule has 0 aliphatic rings. The van der Waals surface area contributed by atoms with E-state index in [9.17, 15) is 13.2 Å². The summed E-state index contributed by atoms with van der Waals surface area (Å²) in [6.07, 6.45) is -0.871. The van der Waals surface area contributed by atoms with Crippen LogP contribution in [0.15, 0.2) is 65.4 Å². The molecule has 6 nitrogen and oxygen atoms in total. The molecule has 2 aromatic heterocycles.